The number of aliphatic carboxylic acids is 1. The van der Waals surface area contributed by atoms with Gasteiger partial charge in [0, 0.05) is 25.2 Å². The molecule has 2 rings (SSSR count). The summed E-state index contributed by atoms with van der Waals surface area (Å²) in [7, 11) is 0. The van der Waals surface area contributed by atoms with Crippen LogP contribution in [0.15, 0.2) is 18.3 Å². The van der Waals surface area contributed by atoms with Gasteiger partial charge in [0.1, 0.15) is 12.3 Å². The number of ether oxygens (including phenoxy) is 1. The second kappa shape index (κ2) is 6.83. The van der Waals surface area contributed by atoms with E-state index in [1.807, 2.05) is 0 Å². The van der Waals surface area contributed by atoms with E-state index in [2.05, 4.69) is 10.3 Å². The molecule has 1 fully saturated rings. The van der Waals surface area contributed by atoms with Gasteiger partial charge in [-0.3, -0.25) is 10.1 Å². The third-order valence-electron chi connectivity index (χ3n) is 2.21. The Balaban J connectivity index is 0.000000270. The summed E-state index contributed by atoms with van der Waals surface area (Å²) < 4.78 is 37.1. The summed E-state index contributed by atoms with van der Waals surface area (Å²) in [6.45, 7) is 1.61. The molecule has 8 nitrogen and oxygen atoms in total. The molecule has 0 aliphatic carbocycles. The van der Waals surface area contributed by atoms with Crippen LogP contribution in [0.2, 0.25) is 0 Å². The molecule has 0 bridgehead atoms. The highest BCUT2D eigenvalue weighted by molar-refractivity contribution is 5.73. The molecule has 116 valence electrons. The number of carboxylic acids is 1. The molecule has 0 saturated carbocycles. The van der Waals surface area contributed by atoms with Gasteiger partial charge in [-0.25, -0.2) is 9.78 Å². The number of hydrogen-bond donors (Lipinski definition) is 2. The predicted molar refractivity (Wildman–Crippen MR) is 61.9 cm³/mol. The van der Waals surface area contributed by atoms with Gasteiger partial charge in [0.15, 0.2) is 0 Å². The first kappa shape index (κ1) is 16.6. The number of nitrogens with one attached hydrogen (secondary N) is 1. The van der Waals surface area contributed by atoms with Crippen LogP contribution in [0.4, 0.5) is 18.9 Å². The van der Waals surface area contributed by atoms with E-state index in [9.17, 15) is 23.3 Å². The van der Waals surface area contributed by atoms with Gasteiger partial charge >= 0.3 is 12.1 Å². The normalized spacial score (nSPS) is 14.4. The van der Waals surface area contributed by atoms with Crippen molar-refractivity contribution in [2.45, 2.75) is 12.3 Å². The van der Waals surface area contributed by atoms with Gasteiger partial charge in [0.05, 0.1) is 4.92 Å². The zero-order valence-corrected chi connectivity index (χ0v) is 10.3. The number of rotatable bonds is 3. The third kappa shape index (κ3) is 5.60. The van der Waals surface area contributed by atoms with Crippen molar-refractivity contribution in [2.75, 3.05) is 13.1 Å². The molecule has 1 saturated heterocycles. The number of nitro groups is 1. The Morgan fingerprint density at radius 1 is 1.48 bits per heavy atom. The molecule has 1 aliphatic heterocycles. The first-order valence-corrected chi connectivity index (χ1v) is 5.48. The van der Waals surface area contributed by atoms with E-state index in [4.69, 9.17) is 14.6 Å². The monoisotopic (exact) mass is 309 g/mol. The van der Waals surface area contributed by atoms with Gasteiger partial charge in [-0.15, -0.1) is 0 Å². The summed E-state index contributed by atoms with van der Waals surface area (Å²) >= 11 is 0. The third-order valence-corrected chi connectivity index (χ3v) is 2.21. The lowest BCUT2D eigenvalue weighted by atomic mass is 10.2. The minimum atomic E-state index is -5.08. The average Bonchev–Trinajstić information content (AvgIpc) is 2.34. The molecule has 1 aromatic heterocycles. The Kier molecular flexibility index (Phi) is 5.41. The van der Waals surface area contributed by atoms with E-state index < -0.39 is 17.1 Å². The van der Waals surface area contributed by atoms with E-state index in [-0.39, 0.29) is 11.8 Å². The summed E-state index contributed by atoms with van der Waals surface area (Å²) in [5.74, 6) is -2.32. The fourth-order valence-electron chi connectivity index (χ4n) is 1.07. The molecule has 0 unspecified atom stereocenters. The molecule has 0 spiro atoms. The molecule has 0 radical (unpaired) electrons. The van der Waals surface area contributed by atoms with E-state index in [0.29, 0.717) is 5.88 Å². The van der Waals surface area contributed by atoms with Crippen molar-refractivity contribution in [3.05, 3.63) is 28.4 Å². The molecule has 21 heavy (non-hydrogen) atoms. The number of aromatic nitrogens is 1. The maximum atomic E-state index is 10.6. The van der Waals surface area contributed by atoms with E-state index in [0.717, 1.165) is 13.1 Å². The quantitative estimate of drug-likeness (QED) is 0.631. The fraction of sp³-hybridized carbons (Fsp3) is 0.400. The number of hydrogen-bond acceptors (Lipinski definition) is 6. The fourth-order valence-corrected chi connectivity index (χ4v) is 1.07. The van der Waals surface area contributed by atoms with Gasteiger partial charge < -0.3 is 15.2 Å². The summed E-state index contributed by atoms with van der Waals surface area (Å²) in [4.78, 5) is 22.6. The SMILES string of the molecule is O=C(O)C(F)(F)F.O=[N+]([O-])c1ccc(OC2CNC2)nc1. The van der Waals surface area contributed by atoms with E-state index in [1.54, 1.807) is 0 Å². The molecule has 1 aromatic rings. The highest BCUT2D eigenvalue weighted by Crippen LogP contribution is 2.15. The number of pyridine rings is 1. The van der Waals surface area contributed by atoms with Crippen LogP contribution < -0.4 is 10.1 Å². The Labute approximate surface area is 115 Å². The van der Waals surface area contributed by atoms with Crippen molar-refractivity contribution in [3.8, 4) is 5.88 Å². The topological polar surface area (TPSA) is 115 Å². The van der Waals surface area contributed by atoms with Crippen molar-refractivity contribution in [3.63, 3.8) is 0 Å². The molecule has 2 N–H and O–H groups in total. The summed E-state index contributed by atoms with van der Waals surface area (Å²) in [6.07, 6.45) is -3.74. The summed E-state index contributed by atoms with van der Waals surface area (Å²) in [5, 5.41) is 20.5. The predicted octanol–water partition coefficient (Wildman–Crippen LogP) is 0.974. The summed E-state index contributed by atoms with van der Waals surface area (Å²) in [5.41, 5.74) is -0.0240. The van der Waals surface area contributed by atoms with E-state index >= 15 is 0 Å². The second-order valence-electron chi connectivity index (χ2n) is 3.81. The van der Waals surface area contributed by atoms with Gasteiger partial charge in [0.2, 0.25) is 5.88 Å². The van der Waals surface area contributed by atoms with Crippen LogP contribution in [-0.2, 0) is 4.79 Å². The van der Waals surface area contributed by atoms with Crippen molar-refractivity contribution in [2.24, 2.45) is 0 Å². The van der Waals surface area contributed by atoms with Crippen LogP contribution in [0.25, 0.3) is 0 Å². The smallest absolute Gasteiger partial charge is 0.475 e. The van der Waals surface area contributed by atoms with Gasteiger partial charge in [0.25, 0.3) is 5.69 Å². The van der Waals surface area contributed by atoms with Crippen molar-refractivity contribution < 1.29 is 32.7 Å². The van der Waals surface area contributed by atoms with Gasteiger partial charge in [-0.05, 0) is 0 Å². The Hall–Kier alpha value is -2.43. The maximum absolute atomic E-state index is 10.6. The lowest BCUT2D eigenvalue weighted by Crippen LogP contribution is -2.50. The zero-order chi connectivity index (χ0) is 16.0. The number of carboxylic acid groups (broad SMARTS) is 1. The minimum Gasteiger partial charge on any atom is -0.475 e. The molecule has 0 atom stereocenters. The largest absolute Gasteiger partial charge is 0.490 e. The zero-order valence-electron chi connectivity index (χ0n) is 10.3. The van der Waals surface area contributed by atoms with Crippen LogP contribution in [0.3, 0.4) is 0 Å². The van der Waals surface area contributed by atoms with Crippen LogP contribution in [0.5, 0.6) is 5.88 Å². The van der Waals surface area contributed by atoms with Gasteiger partial charge in [-0.1, -0.05) is 0 Å². The lowest BCUT2D eigenvalue weighted by Gasteiger charge is -2.26. The number of alkyl halides is 3. The lowest BCUT2D eigenvalue weighted by molar-refractivity contribution is -0.385. The second-order valence-corrected chi connectivity index (χ2v) is 3.81. The first-order valence-electron chi connectivity index (χ1n) is 5.48. The van der Waals surface area contributed by atoms with Crippen molar-refractivity contribution in [1.29, 1.82) is 0 Å². The molecule has 0 amide bonds. The maximum Gasteiger partial charge on any atom is 0.490 e. The van der Waals surface area contributed by atoms with Crippen LogP contribution >= 0.6 is 0 Å². The Bertz CT molecular complexity index is 502. The van der Waals surface area contributed by atoms with Gasteiger partial charge in [-0.2, -0.15) is 13.2 Å². The Morgan fingerprint density at radius 2 is 2.05 bits per heavy atom. The number of carbonyl (C=O) groups is 1. The van der Waals surface area contributed by atoms with Crippen molar-refractivity contribution >= 4 is 11.7 Å². The molecule has 0 aromatic carbocycles. The average molecular weight is 309 g/mol. The Morgan fingerprint density at radius 3 is 2.33 bits per heavy atom. The van der Waals surface area contributed by atoms with Crippen molar-refractivity contribution in [1.82, 2.24) is 10.3 Å². The number of halogens is 3. The molecular weight excluding hydrogens is 299 g/mol. The van der Waals surface area contributed by atoms with E-state index in [1.165, 1.54) is 18.3 Å². The first-order chi connectivity index (χ1) is 9.70. The molecule has 2 heterocycles. The molecular formula is C10H10F3N3O5. The molecule has 1 aliphatic rings. The standard InChI is InChI=1S/C8H9N3O3.C2HF3O2/c12-11(13)6-1-2-8(10-3-6)14-7-4-9-5-7;3-2(4,5)1(6)7/h1-3,7,9H,4-5H2;(H,6,7). The highest BCUT2D eigenvalue weighted by Gasteiger charge is 2.38. The molecule has 11 heteroatoms. The van der Waals surface area contributed by atoms with Crippen LogP contribution in [0.1, 0.15) is 0 Å². The minimum absolute atomic E-state index is 0.0240. The summed E-state index contributed by atoms with van der Waals surface area (Å²) in [6, 6.07) is 2.89. The number of nitrogens with zero attached hydrogens (tertiary/aromatic N) is 2. The highest BCUT2D eigenvalue weighted by atomic mass is 19.4. The van der Waals surface area contributed by atoms with Crippen LogP contribution in [0, 0.1) is 10.1 Å². The van der Waals surface area contributed by atoms with Crippen LogP contribution in [-0.4, -0.2) is 46.4 Å².